The standard InChI is InChI=1S/C13H18O3S/c1-13(2,3)17-10-5-6-11(14)9(8-10)4-7-12(15)16/h5-6,8,14H,4,7H2,1-3H3,(H,15,16). The van der Waals surface area contributed by atoms with Gasteiger partial charge in [-0.2, -0.15) is 0 Å². The Morgan fingerprint density at radius 1 is 1.35 bits per heavy atom. The van der Waals surface area contributed by atoms with E-state index in [0.29, 0.717) is 12.0 Å². The van der Waals surface area contributed by atoms with Crippen molar-refractivity contribution in [1.82, 2.24) is 0 Å². The van der Waals surface area contributed by atoms with Crippen LogP contribution >= 0.6 is 11.8 Å². The molecule has 0 saturated heterocycles. The van der Waals surface area contributed by atoms with Crippen LogP contribution in [-0.4, -0.2) is 20.9 Å². The summed E-state index contributed by atoms with van der Waals surface area (Å²) < 4.78 is 0.0983. The molecule has 94 valence electrons. The van der Waals surface area contributed by atoms with E-state index in [-0.39, 0.29) is 16.9 Å². The Bertz CT molecular complexity index is 408. The average molecular weight is 254 g/mol. The smallest absolute Gasteiger partial charge is 0.303 e. The second kappa shape index (κ2) is 5.45. The number of aromatic hydroxyl groups is 1. The Kier molecular flexibility index (Phi) is 4.46. The minimum atomic E-state index is -0.849. The minimum Gasteiger partial charge on any atom is -0.508 e. The topological polar surface area (TPSA) is 57.5 Å². The number of carbonyl (C=O) groups is 1. The van der Waals surface area contributed by atoms with Crippen molar-refractivity contribution in [2.24, 2.45) is 0 Å². The van der Waals surface area contributed by atoms with Crippen LogP contribution in [0, 0.1) is 0 Å². The third kappa shape index (κ3) is 5.13. The van der Waals surface area contributed by atoms with Gasteiger partial charge in [0.2, 0.25) is 0 Å². The van der Waals surface area contributed by atoms with E-state index in [2.05, 4.69) is 20.8 Å². The summed E-state index contributed by atoms with van der Waals surface area (Å²) in [4.78, 5) is 11.6. The number of thioether (sulfide) groups is 1. The molecular weight excluding hydrogens is 236 g/mol. The Labute approximate surface area is 106 Å². The molecule has 0 aliphatic rings. The third-order valence-electron chi connectivity index (χ3n) is 2.08. The van der Waals surface area contributed by atoms with Crippen LogP contribution in [0.15, 0.2) is 23.1 Å². The van der Waals surface area contributed by atoms with E-state index < -0.39 is 5.97 Å². The van der Waals surface area contributed by atoms with Gasteiger partial charge < -0.3 is 10.2 Å². The molecule has 1 rings (SSSR count). The summed E-state index contributed by atoms with van der Waals surface area (Å²) in [5, 5.41) is 18.3. The molecule has 0 amide bonds. The summed E-state index contributed by atoms with van der Waals surface area (Å²) in [6.07, 6.45) is 0.400. The molecule has 3 nitrogen and oxygen atoms in total. The second-order valence-electron chi connectivity index (χ2n) is 4.90. The van der Waals surface area contributed by atoms with Gasteiger partial charge in [0.15, 0.2) is 0 Å². The van der Waals surface area contributed by atoms with Crippen molar-refractivity contribution >= 4 is 17.7 Å². The van der Waals surface area contributed by atoms with E-state index in [1.807, 2.05) is 12.1 Å². The van der Waals surface area contributed by atoms with E-state index in [1.165, 1.54) is 0 Å². The number of benzene rings is 1. The fraction of sp³-hybridized carbons (Fsp3) is 0.462. The summed E-state index contributed by atoms with van der Waals surface area (Å²) in [5.41, 5.74) is 0.696. The number of carboxylic acid groups (broad SMARTS) is 1. The highest BCUT2D eigenvalue weighted by Crippen LogP contribution is 2.34. The Balaban J connectivity index is 2.83. The zero-order chi connectivity index (χ0) is 13.1. The van der Waals surface area contributed by atoms with Crippen LogP contribution < -0.4 is 0 Å². The van der Waals surface area contributed by atoms with Crippen molar-refractivity contribution in [3.8, 4) is 5.75 Å². The lowest BCUT2D eigenvalue weighted by Gasteiger charge is -2.18. The maximum absolute atomic E-state index is 10.5. The van der Waals surface area contributed by atoms with Crippen LogP contribution in [0.25, 0.3) is 0 Å². The predicted octanol–water partition coefficient (Wildman–Crippen LogP) is 3.30. The molecule has 0 aromatic heterocycles. The fourth-order valence-corrected chi connectivity index (χ4v) is 2.47. The maximum Gasteiger partial charge on any atom is 0.303 e. The van der Waals surface area contributed by atoms with Crippen LogP contribution in [0.3, 0.4) is 0 Å². The number of phenolic OH excluding ortho intramolecular Hbond substituents is 1. The van der Waals surface area contributed by atoms with Gasteiger partial charge in [0.05, 0.1) is 0 Å². The van der Waals surface area contributed by atoms with E-state index in [4.69, 9.17) is 5.11 Å². The number of carboxylic acids is 1. The molecule has 1 aromatic carbocycles. The monoisotopic (exact) mass is 254 g/mol. The molecule has 0 spiro atoms. The lowest BCUT2D eigenvalue weighted by molar-refractivity contribution is -0.136. The van der Waals surface area contributed by atoms with Gasteiger partial charge in [-0.05, 0) is 30.2 Å². The highest BCUT2D eigenvalue weighted by atomic mass is 32.2. The Morgan fingerprint density at radius 2 is 2.00 bits per heavy atom. The van der Waals surface area contributed by atoms with Crippen molar-refractivity contribution < 1.29 is 15.0 Å². The van der Waals surface area contributed by atoms with Gasteiger partial charge in [-0.3, -0.25) is 4.79 Å². The number of hydrogen-bond donors (Lipinski definition) is 2. The van der Waals surface area contributed by atoms with Gasteiger partial charge in [-0.25, -0.2) is 0 Å². The van der Waals surface area contributed by atoms with Crippen molar-refractivity contribution in [2.75, 3.05) is 0 Å². The number of aliphatic carboxylic acids is 1. The molecule has 0 fully saturated rings. The van der Waals surface area contributed by atoms with E-state index in [0.717, 1.165) is 4.90 Å². The van der Waals surface area contributed by atoms with Crippen molar-refractivity contribution in [2.45, 2.75) is 43.3 Å². The summed E-state index contributed by atoms with van der Waals surface area (Å²) in [6, 6.07) is 5.36. The van der Waals surface area contributed by atoms with Crippen molar-refractivity contribution in [1.29, 1.82) is 0 Å². The summed E-state index contributed by atoms with van der Waals surface area (Å²) in [7, 11) is 0. The normalized spacial score (nSPS) is 11.5. The molecule has 0 radical (unpaired) electrons. The summed E-state index contributed by atoms with van der Waals surface area (Å²) in [6.45, 7) is 6.34. The SMILES string of the molecule is CC(C)(C)Sc1ccc(O)c(CCC(=O)O)c1. The number of phenols is 1. The van der Waals surface area contributed by atoms with Crippen molar-refractivity contribution in [3.63, 3.8) is 0 Å². The molecule has 0 unspecified atom stereocenters. The highest BCUT2D eigenvalue weighted by Gasteiger charge is 2.13. The van der Waals surface area contributed by atoms with Gasteiger partial charge in [-0.1, -0.05) is 20.8 Å². The quantitative estimate of drug-likeness (QED) is 0.809. The zero-order valence-corrected chi connectivity index (χ0v) is 11.2. The first-order valence-corrected chi connectivity index (χ1v) is 6.32. The van der Waals surface area contributed by atoms with Crippen LogP contribution in [0.1, 0.15) is 32.8 Å². The number of aryl methyl sites for hydroxylation is 1. The van der Waals surface area contributed by atoms with Gasteiger partial charge in [0, 0.05) is 16.1 Å². The lowest BCUT2D eigenvalue weighted by Crippen LogP contribution is -2.06. The maximum atomic E-state index is 10.5. The Morgan fingerprint density at radius 3 is 2.53 bits per heavy atom. The van der Waals surface area contributed by atoms with E-state index >= 15 is 0 Å². The van der Waals surface area contributed by atoms with Gasteiger partial charge in [0.1, 0.15) is 5.75 Å². The highest BCUT2D eigenvalue weighted by molar-refractivity contribution is 8.00. The number of hydrogen-bond acceptors (Lipinski definition) is 3. The molecule has 2 N–H and O–H groups in total. The minimum absolute atomic E-state index is 0.0389. The van der Waals surface area contributed by atoms with Crippen LogP contribution in [0.4, 0.5) is 0 Å². The van der Waals surface area contributed by atoms with Crippen molar-refractivity contribution in [3.05, 3.63) is 23.8 Å². The van der Waals surface area contributed by atoms with Crippen LogP contribution in [0.2, 0.25) is 0 Å². The molecule has 17 heavy (non-hydrogen) atoms. The molecule has 0 aliphatic carbocycles. The van der Waals surface area contributed by atoms with E-state index in [9.17, 15) is 9.90 Å². The van der Waals surface area contributed by atoms with E-state index in [1.54, 1.807) is 17.8 Å². The van der Waals surface area contributed by atoms with Gasteiger partial charge in [0.25, 0.3) is 0 Å². The molecule has 0 bridgehead atoms. The van der Waals surface area contributed by atoms with Gasteiger partial charge >= 0.3 is 5.97 Å². The molecule has 0 aliphatic heterocycles. The van der Waals surface area contributed by atoms with Crippen LogP contribution in [-0.2, 0) is 11.2 Å². The molecule has 4 heteroatoms. The molecule has 0 heterocycles. The number of rotatable bonds is 4. The zero-order valence-electron chi connectivity index (χ0n) is 10.4. The largest absolute Gasteiger partial charge is 0.508 e. The summed E-state index contributed by atoms with van der Waals surface area (Å²) in [5.74, 6) is -0.678. The first kappa shape index (κ1) is 13.9. The lowest BCUT2D eigenvalue weighted by atomic mass is 10.1. The third-order valence-corrected chi connectivity index (χ3v) is 3.19. The average Bonchev–Trinajstić information content (AvgIpc) is 2.16. The predicted molar refractivity (Wildman–Crippen MR) is 69.7 cm³/mol. The first-order valence-electron chi connectivity index (χ1n) is 5.50. The summed E-state index contributed by atoms with van der Waals surface area (Å²) >= 11 is 1.70. The first-order chi connectivity index (χ1) is 7.78. The second-order valence-corrected chi connectivity index (χ2v) is 6.80. The fourth-order valence-electron chi connectivity index (χ4n) is 1.42. The van der Waals surface area contributed by atoms with Crippen LogP contribution in [0.5, 0.6) is 5.75 Å². The Hall–Kier alpha value is -1.16. The molecule has 0 atom stereocenters. The molecule has 1 aromatic rings. The molecular formula is C13H18O3S. The molecule has 0 saturated carbocycles. The van der Waals surface area contributed by atoms with Gasteiger partial charge in [-0.15, -0.1) is 11.8 Å².